The number of hydrogen-bond donors (Lipinski definition) is 0. The van der Waals surface area contributed by atoms with Crippen LogP contribution in [0.4, 0.5) is 0 Å². The Hall–Kier alpha value is -1.88. The van der Waals surface area contributed by atoms with Crippen LogP contribution in [0.5, 0.6) is 0 Å². The van der Waals surface area contributed by atoms with Gasteiger partial charge in [-0.1, -0.05) is 12.5 Å². The van der Waals surface area contributed by atoms with Crippen LogP contribution < -0.4 is 0 Å². The first-order valence-corrected chi connectivity index (χ1v) is 10.1. The number of hydrogen-bond acceptors (Lipinski definition) is 3. The van der Waals surface area contributed by atoms with E-state index >= 15 is 0 Å². The largest absolute Gasteiger partial charge is 0.341 e. The van der Waals surface area contributed by atoms with Crippen molar-refractivity contribution < 1.29 is 4.79 Å². The molecular weight excluding hydrogens is 324 g/mol. The van der Waals surface area contributed by atoms with Gasteiger partial charge in [-0.05, 0) is 50.7 Å². The molecular formula is C21H28N4O. The number of piperidine rings is 1. The average molecular weight is 352 g/mol. The van der Waals surface area contributed by atoms with E-state index in [-0.39, 0.29) is 0 Å². The predicted octanol–water partition coefficient (Wildman–Crippen LogP) is 2.87. The molecule has 2 atom stereocenters. The fourth-order valence-corrected chi connectivity index (χ4v) is 5.04. The van der Waals surface area contributed by atoms with Crippen LogP contribution in [0.25, 0.3) is 5.52 Å². The third kappa shape index (κ3) is 2.73. The average Bonchev–Trinajstić information content (AvgIpc) is 2.76. The Kier molecular flexibility index (Phi) is 4.00. The van der Waals surface area contributed by atoms with E-state index in [0.717, 1.165) is 44.8 Å². The number of pyridine rings is 1. The van der Waals surface area contributed by atoms with Crippen LogP contribution in [-0.4, -0.2) is 50.8 Å². The highest BCUT2D eigenvalue weighted by Crippen LogP contribution is 2.33. The van der Waals surface area contributed by atoms with Crippen molar-refractivity contribution >= 4 is 11.4 Å². The zero-order valence-corrected chi connectivity index (χ0v) is 15.6. The van der Waals surface area contributed by atoms with Crippen LogP contribution in [0.2, 0.25) is 0 Å². The molecule has 4 fully saturated rings. The second kappa shape index (κ2) is 6.38. The molecule has 1 aliphatic carbocycles. The molecule has 0 unspecified atom stereocenters. The monoisotopic (exact) mass is 352 g/mol. The van der Waals surface area contributed by atoms with Crippen LogP contribution in [0.3, 0.4) is 0 Å². The summed E-state index contributed by atoms with van der Waals surface area (Å²) in [4.78, 5) is 22.4. The molecule has 6 rings (SSSR count). The lowest BCUT2D eigenvalue weighted by molar-refractivity contribution is -0.138. The minimum atomic E-state index is 0.320. The molecule has 0 radical (unpaired) electrons. The third-order valence-electron chi connectivity index (χ3n) is 6.75. The summed E-state index contributed by atoms with van der Waals surface area (Å²) in [6.45, 7) is 5.95. The quantitative estimate of drug-likeness (QED) is 0.853. The smallest absolute Gasteiger partial charge is 0.225 e. The van der Waals surface area contributed by atoms with Crippen LogP contribution in [-0.2, 0) is 11.3 Å². The number of amides is 1. The predicted molar refractivity (Wildman–Crippen MR) is 101 cm³/mol. The number of aromatic nitrogens is 2. The molecule has 0 spiro atoms. The Bertz CT molecular complexity index is 825. The van der Waals surface area contributed by atoms with E-state index < -0.39 is 0 Å². The summed E-state index contributed by atoms with van der Waals surface area (Å²) in [6.07, 6.45) is 8.01. The van der Waals surface area contributed by atoms with Crippen molar-refractivity contribution in [3.8, 4) is 0 Å². The summed E-state index contributed by atoms with van der Waals surface area (Å²) in [5.41, 5.74) is 2.39. The van der Waals surface area contributed by atoms with Crippen molar-refractivity contribution in [3.63, 3.8) is 0 Å². The van der Waals surface area contributed by atoms with Gasteiger partial charge < -0.3 is 9.30 Å². The lowest BCUT2D eigenvalue weighted by atomic mass is 9.84. The lowest BCUT2D eigenvalue weighted by Crippen LogP contribution is -2.45. The molecule has 0 N–H and O–H groups in total. The van der Waals surface area contributed by atoms with Gasteiger partial charge in [-0.15, -0.1) is 0 Å². The van der Waals surface area contributed by atoms with E-state index in [1.807, 2.05) is 0 Å². The highest BCUT2D eigenvalue weighted by molar-refractivity contribution is 5.79. The van der Waals surface area contributed by atoms with Gasteiger partial charge in [0.15, 0.2) is 0 Å². The van der Waals surface area contributed by atoms with Crippen LogP contribution >= 0.6 is 0 Å². The second-order valence-corrected chi connectivity index (χ2v) is 8.46. The summed E-state index contributed by atoms with van der Waals surface area (Å²) in [5.74, 6) is 2.42. The first-order valence-electron chi connectivity index (χ1n) is 10.1. The first kappa shape index (κ1) is 16.3. The molecule has 2 aromatic rings. The van der Waals surface area contributed by atoms with E-state index in [1.165, 1.54) is 30.5 Å². The first-order chi connectivity index (χ1) is 12.7. The zero-order chi connectivity index (χ0) is 17.7. The fourth-order valence-electron chi connectivity index (χ4n) is 5.04. The minimum absolute atomic E-state index is 0.320. The van der Waals surface area contributed by atoms with E-state index in [9.17, 15) is 4.79 Å². The van der Waals surface area contributed by atoms with Crippen molar-refractivity contribution in [1.82, 2.24) is 19.2 Å². The van der Waals surface area contributed by atoms with Crippen molar-refractivity contribution in [2.45, 2.75) is 51.6 Å². The Labute approximate surface area is 155 Å². The Morgan fingerprint density at radius 3 is 2.85 bits per heavy atom. The molecule has 5 heteroatoms. The molecule has 4 aliphatic rings. The topological polar surface area (TPSA) is 40.9 Å². The second-order valence-electron chi connectivity index (χ2n) is 8.46. The summed E-state index contributed by atoms with van der Waals surface area (Å²) in [5, 5.41) is 0. The van der Waals surface area contributed by atoms with E-state index in [0.29, 0.717) is 23.8 Å². The molecule has 2 aromatic heterocycles. The minimum Gasteiger partial charge on any atom is -0.341 e. The maximum Gasteiger partial charge on any atom is 0.225 e. The van der Waals surface area contributed by atoms with Gasteiger partial charge in [-0.2, -0.15) is 0 Å². The number of nitrogens with zero attached hydrogens (tertiary/aromatic N) is 4. The van der Waals surface area contributed by atoms with Gasteiger partial charge in [0.2, 0.25) is 5.91 Å². The third-order valence-corrected chi connectivity index (χ3v) is 6.75. The van der Waals surface area contributed by atoms with E-state index in [4.69, 9.17) is 4.98 Å². The zero-order valence-electron chi connectivity index (χ0n) is 15.6. The molecule has 1 amide bonds. The SMILES string of the molecule is Cc1nc(CN2C[C@H]3CC[C@@H]2CN(C(=O)C2CCC2)C3)c2ccccn12. The summed E-state index contributed by atoms with van der Waals surface area (Å²) >= 11 is 0. The van der Waals surface area contributed by atoms with Gasteiger partial charge in [-0.25, -0.2) is 4.98 Å². The summed E-state index contributed by atoms with van der Waals surface area (Å²) in [6, 6.07) is 6.80. The molecule has 5 heterocycles. The van der Waals surface area contributed by atoms with Crippen molar-refractivity contribution in [2.75, 3.05) is 19.6 Å². The molecule has 3 aliphatic heterocycles. The molecule has 1 saturated carbocycles. The number of aryl methyl sites for hydroxylation is 1. The standard InChI is InChI=1S/C21H28N4O/c1-15-22-19(20-7-2-3-10-25(15)20)14-23-11-16-8-9-18(23)13-24(12-16)21(26)17-5-4-6-17/h2-3,7,10,16-18H,4-6,8-9,11-14H2,1H3/t16-,18-/m1/s1. The fraction of sp³-hybridized carbons (Fsp3) is 0.619. The van der Waals surface area contributed by atoms with Crippen molar-refractivity contribution in [1.29, 1.82) is 0 Å². The maximum absolute atomic E-state index is 12.8. The number of carbonyl (C=O) groups is 1. The van der Waals surface area contributed by atoms with Crippen molar-refractivity contribution in [2.24, 2.45) is 11.8 Å². The normalized spacial score (nSPS) is 26.9. The summed E-state index contributed by atoms with van der Waals surface area (Å²) in [7, 11) is 0. The van der Waals surface area contributed by atoms with Crippen LogP contribution in [0.1, 0.15) is 43.6 Å². The highest BCUT2D eigenvalue weighted by Gasteiger charge is 2.39. The van der Waals surface area contributed by atoms with Gasteiger partial charge in [0, 0.05) is 44.3 Å². The maximum atomic E-state index is 12.8. The summed E-state index contributed by atoms with van der Waals surface area (Å²) < 4.78 is 2.18. The van der Waals surface area contributed by atoms with Gasteiger partial charge in [-0.3, -0.25) is 9.69 Å². The van der Waals surface area contributed by atoms with Crippen LogP contribution in [0, 0.1) is 18.8 Å². The lowest BCUT2D eigenvalue weighted by Gasteiger charge is -2.35. The Morgan fingerprint density at radius 2 is 2.04 bits per heavy atom. The van der Waals surface area contributed by atoms with Gasteiger partial charge in [0.05, 0.1) is 11.2 Å². The van der Waals surface area contributed by atoms with E-state index in [2.05, 4.69) is 45.5 Å². The number of carbonyl (C=O) groups excluding carboxylic acids is 1. The van der Waals surface area contributed by atoms with Gasteiger partial charge >= 0.3 is 0 Å². The number of imidazole rings is 1. The van der Waals surface area contributed by atoms with E-state index in [1.54, 1.807) is 0 Å². The highest BCUT2D eigenvalue weighted by atomic mass is 16.2. The molecule has 5 nitrogen and oxygen atoms in total. The Balaban J connectivity index is 1.36. The molecule has 26 heavy (non-hydrogen) atoms. The van der Waals surface area contributed by atoms with Gasteiger partial charge in [0.1, 0.15) is 5.82 Å². The van der Waals surface area contributed by atoms with Crippen molar-refractivity contribution in [3.05, 3.63) is 35.9 Å². The molecule has 0 aromatic carbocycles. The molecule has 2 bridgehead atoms. The van der Waals surface area contributed by atoms with Crippen LogP contribution in [0.15, 0.2) is 24.4 Å². The molecule has 138 valence electrons. The number of rotatable bonds is 3. The molecule has 3 saturated heterocycles. The Morgan fingerprint density at radius 1 is 1.15 bits per heavy atom. The van der Waals surface area contributed by atoms with Gasteiger partial charge in [0.25, 0.3) is 0 Å². The number of fused-ring (bicyclic) bond motifs is 5.